The lowest BCUT2D eigenvalue weighted by Crippen LogP contribution is -2.38. The molecule has 0 saturated carbocycles. The number of hydrogen-bond acceptors (Lipinski definition) is 6. The molecule has 37 heavy (non-hydrogen) atoms. The van der Waals surface area contributed by atoms with E-state index in [1.807, 2.05) is 48.5 Å². The number of aryl methyl sites for hydroxylation is 1. The number of carbonyl (C=O) groups is 2. The monoisotopic (exact) mass is 500 g/mol. The van der Waals surface area contributed by atoms with Gasteiger partial charge in [0.25, 0.3) is 11.6 Å². The van der Waals surface area contributed by atoms with Crippen molar-refractivity contribution in [2.75, 3.05) is 25.5 Å². The number of benzene rings is 2. The van der Waals surface area contributed by atoms with E-state index in [-0.39, 0.29) is 23.2 Å². The van der Waals surface area contributed by atoms with Gasteiger partial charge in [0, 0.05) is 30.4 Å². The number of nitro groups is 1. The Morgan fingerprint density at radius 1 is 1.14 bits per heavy atom. The van der Waals surface area contributed by atoms with E-state index in [1.165, 1.54) is 12.1 Å². The predicted molar refractivity (Wildman–Crippen MR) is 141 cm³/mol. The number of methoxy groups -OCH3 is 1. The Morgan fingerprint density at radius 2 is 1.86 bits per heavy atom. The molecule has 0 atom stereocenters. The minimum Gasteiger partial charge on any atom is -0.497 e. The van der Waals surface area contributed by atoms with Crippen LogP contribution >= 0.6 is 0 Å². The maximum Gasteiger partial charge on any atom is 0.290 e. The predicted octanol–water partition coefficient (Wildman–Crippen LogP) is 4.98. The summed E-state index contributed by atoms with van der Waals surface area (Å²) in [6.45, 7) is 2.76. The Labute approximate surface area is 214 Å². The van der Waals surface area contributed by atoms with Gasteiger partial charge in [-0.05, 0) is 73.2 Å². The summed E-state index contributed by atoms with van der Waals surface area (Å²) in [6.07, 6.45) is 5.95. The first-order valence-electron chi connectivity index (χ1n) is 12.0. The molecule has 1 aliphatic heterocycles. The first-order valence-corrected chi connectivity index (χ1v) is 12.0. The van der Waals surface area contributed by atoms with Crippen LogP contribution in [-0.2, 0) is 4.79 Å². The van der Waals surface area contributed by atoms with Gasteiger partial charge in [-0.25, -0.2) is 4.98 Å². The molecule has 9 heteroatoms. The van der Waals surface area contributed by atoms with E-state index in [9.17, 15) is 19.7 Å². The molecule has 4 rings (SSSR count). The van der Waals surface area contributed by atoms with Crippen LogP contribution in [0.15, 0.2) is 66.9 Å². The lowest BCUT2D eigenvalue weighted by atomic mass is 9.89. The number of carbonyl (C=O) groups excluding carboxylic acids is 2. The molecule has 0 bridgehead atoms. The molecule has 1 saturated heterocycles. The van der Waals surface area contributed by atoms with Gasteiger partial charge in [0.15, 0.2) is 0 Å². The molecule has 0 radical (unpaired) electrons. The normalized spacial score (nSPS) is 13.9. The van der Waals surface area contributed by atoms with E-state index >= 15 is 0 Å². The third-order valence-corrected chi connectivity index (χ3v) is 6.45. The Kier molecular flexibility index (Phi) is 7.92. The van der Waals surface area contributed by atoms with Crippen molar-refractivity contribution in [3.63, 3.8) is 0 Å². The fourth-order valence-electron chi connectivity index (χ4n) is 4.37. The molecule has 1 aromatic heterocycles. The van der Waals surface area contributed by atoms with Gasteiger partial charge in [-0.3, -0.25) is 19.7 Å². The number of rotatable bonds is 7. The lowest BCUT2D eigenvalue weighted by molar-refractivity contribution is -0.385. The zero-order valence-electron chi connectivity index (χ0n) is 20.7. The Bertz CT molecular complexity index is 1330. The molecule has 1 aliphatic rings. The second-order valence-electron chi connectivity index (χ2n) is 8.90. The molecule has 0 spiro atoms. The summed E-state index contributed by atoms with van der Waals surface area (Å²) in [6, 6.07) is 16.7. The summed E-state index contributed by atoms with van der Waals surface area (Å²) in [5, 5.41) is 13.9. The first-order chi connectivity index (χ1) is 17.8. The van der Waals surface area contributed by atoms with E-state index in [0.29, 0.717) is 30.3 Å². The average Bonchev–Trinajstić information content (AvgIpc) is 2.92. The van der Waals surface area contributed by atoms with E-state index in [4.69, 9.17) is 4.74 Å². The number of nitrogens with one attached hydrogen (secondary N) is 1. The number of amides is 2. The number of nitrogens with zero attached hydrogens (tertiary/aromatic N) is 3. The van der Waals surface area contributed by atoms with Gasteiger partial charge in [0.2, 0.25) is 5.91 Å². The minimum atomic E-state index is -0.502. The van der Waals surface area contributed by atoms with Crippen molar-refractivity contribution < 1.29 is 19.2 Å². The fraction of sp³-hybridized carbons (Fsp3) is 0.250. The van der Waals surface area contributed by atoms with Gasteiger partial charge in [-0.1, -0.05) is 24.3 Å². The minimum absolute atomic E-state index is 0.0947. The third kappa shape index (κ3) is 6.38. The van der Waals surface area contributed by atoms with Crippen molar-refractivity contribution in [3.05, 3.63) is 99.4 Å². The molecule has 3 aromatic rings. The number of ether oxygens (including phenoxy) is 1. The van der Waals surface area contributed by atoms with E-state index in [0.717, 1.165) is 35.9 Å². The van der Waals surface area contributed by atoms with Crippen molar-refractivity contribution in [2.45, 2.75) is 25.7 Å². The van der Waals surface area contributed by atoms with Crippen LogP contribution in [0.25, 0.3) is 6.08 Å². The number of anilines is 1. The van der Waals surface area contributed by atoms with E-state index in [2.05, 4.69) is 10.3 Å². The molecule has 2 amide bonds. The van der Waals surface area contributed by atoms with E-state index < -0.39 is 4.92 Å². The number of pyridine rings is 1. The molecule has 1 fully saturated rings. The topological polar surface area (TPSA) is 115 Å². The van der Waals surface area contributed by atoms with Crippen molar-refractivity contribution in [3.8, 4) is 5.75 Å². The molecular weight excluding hydrogens is 472 g/mol. The quantitative estimate of drug-likeness (QED) is 0.278. The summed E-state index contributed by atoms with van der Waals surface area (Å²) in [7, 11) is 1.60. The Balaban J connectivity index is 1.30. The van der Waals surface area contributed by atoms with Gasteiger partial charge in [0.1, 0.15) is 17.6 Å². The van der Waals surface area contributed by atoms with Crippen LogP contribution in [0.5, 0.6) is 5.75 Å². The van der Waals surface area contributed by atoms with Gasteiger partial charge in [-0.15, -0.1) is 0 Å². The van der Waals surface area contributed by atoms with Gasteiger partial charge >= 0.3 is 0 Å². The molecular formula is C28H28N4O5. The van der Waals surface area contributed by atoms with Crippen molar-refractivity contribution >= 4 is 29.3 Å². The second kappa shape index (κ2) is 11.5. The number of aromatic nitrogens is 1. The van der Waals surface area contributed by atoms with Crippen LogP contribution in [0.1, 0.15) is 45.9 Å². The highest BCUT2D eigenvalue weighted by Gasteiger charge is 2.26. The van der Waals surface area contributed by atoms with Crippen molar-refractivity contribution in [1.82, 2.24) is 9.88 Å². The standard InChI is InChI=1S/C28H28N4O5/c1-19-16-25(29-18-26(19)32(35)36)28(34)31-14-12-22(13-15-31)21-7-9-23(10-8-21)30-27(33)11-6-20-4-3-5-24(17-20)37-2/h3-11,16-18,22H,12-15H2,1-2H3,(H,30,33)/b11-6+. The Morgan fingerprint density at radius 3 is 2.51 bits per heavy atom. The number of likely N-dealkylation sites (tertiary alicyclic amines) is 1. The number of hydrogen-bond donors (Lipinski definition) is 1. The first kappa shape index (κ1) is 25.6. The third-order valence-electron chi connectivity index (χ3n) is 6.45. The zero-order valence-corrected chi connectivity index (χ0v) is 20.7. The highest BCUT2D eigenvalue weighted by atomic mass is 16.6. The maximum absolute atomic E-state index is 12.8. The maximum atomic E-state index is 12.8. The zero-order chi connectivity index (χ0) is 26.4. The summed E-state index contributed by atoms with van der Waals surface area (Å²) >= 11 is 0. The smallest absolute Gasteiger partial charge is 0.290 e. The van der Waals surface area contributed by atoms with Crippen LogP contribution in [0.4, 0.5) is 11.4 Å². The van der Waals surface area contributed by atoms with Crippen molar-refractivity contribution in [2.24, 2.45) is 0 Å². The molecule has 2 aromatic carbocycles. The highest BCUT2D eigenvalue weighted by molar-refractivity contribution is 6.02. The average molecular weight is 501 g/mol. The van der Waals surface area contributed by atoms with Crippen LogP contribution < -0.4 is 10.1 Å². The van der Waals surface area contributed by atoms with Crippen molar-refractivity contribution in [1.29, 1.82) is 0 Å². The molecule has 190 valence electrons. The van der Waals surface area contributed by atoms with Crippen LogP contribution in [0.3, 0.4) is 0 Å². The molecule has 9 nitrogen and oxygen atoms in total. The van der Waals surface area contributed by atoms with Crippen LogP contribution in [-0.4, -0.2) is 46.8 Å². The summed E-state index contributed by atoms with van der Waals surface area (Å²) in [5.41, 5.74) is 3.28. The second-order valence-corrected chi connectivity index (χ2v) is 8.90. The Hall–Kier alpha value is -4.53. The van der Waals surface area contributed by atoms with Crippen LogP contribution in [0, 0.1) is 17.0 Å². The summed E-state index contributed by atoms with van der Waals surface area (Å²) < 4.78 is 5.19. The molecule has 0 unspecified atom stereocenters. The summed E-state index contributed by atoms with van der Waals surface area (Å²) in [4.78, 5) is 41.4. The van der Waals surface area contributed by atoms with E-state index in [1.54, 1.807) is 25.0 Å². The lowest BCUT2D eigenvalue weighted by Gasteiger charge is -2.32. The molecule has 1 N–H and O–H groups in total. The number of piperidine rings is 1. The fourth-order valence-corrected chi connectivity index (χ4v) is 4.37. The SMILES string of the molecule is COc1cccc(/C=C/C(=O)Nc2ccc(C3CCN(C(=O)c4cc(C)c([N+](=O)[O-])cn4)CC3)cc2)c1. The van der Waals surface area contributed by atoms with Gasteiger partial charge in [0.05, 0.1) is 12.0 Å². The largest absolute Gasteiger partial charge is 0.497 e. The molecule has 2 heterocycles. The molecule has 0 aliphatic carbocycles. The van der Waals surface area contributed by atoms with Gasteiger partial charge < -0.3 is 15.0 Å². The highest BCUT2D eigenvalue weighted by Crippen LogP contribution is 2.30. The van der Waals surface area contributed by atoms with Crippen LogP contribution in [0.2, 0.25) is 0 Å². The summed E-state index contributed by atoms with van der Waals surface area (Å²) in [5.74, 6) is 0.591. The van der Waals surface area contributed by atoms with Gasteiger partial charge in [-0.2, -0.15) is 0 Å².